The Morgan fingerprint density at radius 2 is 2.14 bits per heavy atom. The summed E-state index contributed by atoms with van der Waals surface area (Å²) >= 11 is 0. The number of hydrogen-bond acceptors (Lipinski definition) is 1. The molecule has 1 aliphatic rings. The maximum Gasteiger partial charge on any atom is 0.135 e. The van der Waals surface area contributed by atoms with Crippen LogP contribution in [0.4, 0.5) is 0 Å². The Morgan fingerprint density at radius 1 is 1.29 bits per heavy atom. The van der Waals surface area contributed by atoms with E-state index in [1.54, 1.807) is 0 Å². The summed E-state index contributed by atoms with van der Waals surface area (Å²) < 4.78 is 5.77. The highest BCUT2D eigenvalue weighted by Gasteiger charge is 2.07. The van der Waals surface area contributed by atoms with Crippen molar-refractivity contribution in [2.75, 3.05) is 0 Å². The molecule has 0 spiro atoms. The molecule has 1 heterocycles. The Kier molecular flexibility index (Phi) is 1.54. The van der Waals surface area contributed by atoms with Crippen molar-refractivity contribution in [2.24, 2.45) is 5.92 Å². The van der Waals surface area contributed by atoms with Crippen molar-refractivity contribution in [3.05, 3.63) is 34.9 Å². The number of fused-ring (bicyclic) bond motifs is 3. The van der Waals surface area contributed by atoms with E-state index in [2.05, 4.69) is 31.2 Å². The van der Waals surface area contributed by atoms with E-state index in [0.717, 1.165) is 17.4 Å². The molecule has 0 saturated heterocycles. The molecule has 0 N–H and O–H groups in total. The van der Waals surface area contributed by atoms with E-state index in [9.17, 15) is 0 Å². The Balaban J connectivity index is 2.52. The molecule has 14 heavy (non-hydrogen) atoms. The van der Waals surface area contributed by atoms with E-state index in [-0.39, 0.29) is 0 Å². The zero-order valence-corrected chi connectivity index (χ0v) is 8.16. The van der Waals surface area contributed by atoms with Crippen LogP contribution >= 0.6 is 0 Å². The lowest BCUT2D eigenvalue weighted by Gasteiger charge is -2.02. The largest absolute Gasteiger partial charge is 0.456 e. The van der Waals surface area contributed by atoms with Crippen molar-refractivity contribution in [2.45, 2.75) is 13.3 Å². The van der Waals surface area contributed by atoms with Gasteiger partial charge in [0, 0.05) is 10.6 Å². The number of rotatable bonds is 0. The van der Waals surface area contributed by atoms with E-state index in [1.807, 2.05) is 12.1 Å². The van der Waals surface area contributed by atoms with Gasteiger partial charge in [-0.05, 0) is 24.5 Å². The maximum atomic E-state index is 5.77. The summed E-state index contributed by atoms with van der Waals surface area (Å²) in [4.78, 5) is 0. The number of benzene rings is 1. The molecule has 0 bridgehead atoms. The molecule has 1 aromatic carbocycles. The van der Waals surface area contributed by atoms with Gasteiger partial charge in [0.2, 0.25) is 0 Å². The SMILES string of the molecule is CC1C=c2oc3ccccc3c2=CC1. The second-order valence-corrected chi connectivity index (χ2v) is 3.96. The summed E-state index contributed by atoms with van der Waals surface area (Å²) in [7, 11) is 0. The van der Waals surface area contributed by atoms with E-state index in [0.29, 0.717) is 5.92 Å². The van der Waals surface area contributed by atoms with Gasteiger partial charge in [-0.25, -0.2) is 0 Å². The van der Waals surface area contributed by atoms with Gasteiger partial charge in [-0.3, -0.25) is 0 Å². The Labute approximate surface area is 82.3 Å². The van der Waals surface area contributed by atoms with Crippen molar-refractivity contribution in [1.82, 2.24) is 0 Å². The van der Waals surface area contributed by atoms with E-state index < -0.39 is 0 Å². The summed E-state index contributed by atoms with van der Waals surface area (Å²) in [5.74, 6) is 0.600. The second kappa shape index (κ2) is 2.74. The van der Waals surface area contributed by atoms with Crippen molar-refractivity contribution < 1.29 is 4.42 Å². The molecule has 1 atom stereocenters. The van der Waals surface area contributed by atoms with Crippen LogP contribution in [0.25, 0.3) is 23.1 Å². The first-order valence-corrected chi connectivity index (χ1v) is 5.04. The Morgan fingerprint density at radius 3 is 3.07 bits per heavy atom. The van der Waals surface area contributed by atoms with Crippen LogP contribution in [0.5, 0.6) is 0 Å². The first-order chi connectivity index (χ1) is 6.84. The van der Waals surface area contributed by atoms with Crippen molar-refractivity contribution in [3.8, 4) is 0 Å². The average molecular weight is 184 g/mol. The van der Waals surface area contributed by atoms with Crippen LogP contribution in [0.3, 0.4) is 0 Å². The third-order valence-corrected chi connectivity index (χ3v) is 2.79. The van der Waals surface area contributed by atoms with Crippen LogP contribution in [0.15, 0.2) is 28.7 Å². The predicted molar refractivity (Wildman–Crippen MR) is 58.2 cm³/mol. The fraction of sp³-hybridized carbons (Fsp3) is 0.231. The molecular weight excluding hydrogens is 172 g/mol. The summed E-state index contributed by atoms with van der Waals surface area (Å²) in [6, 6.07) is 8.22. The van der Waals surface area contributed by atoms with Crippen LogP contribution in [0.2, 0.25) is 0 Å². The van der Waals surface area contributed by atoms with Gasteiger partial charge in [0.25, 0.3) is 0 Å². The van der Waals surface area contributed by atoms with E-state index in [1.165, 1.54) is 10.6 Å². The molecule has 0 amide bonds. The van der Waals surface area contributed by atoms with Gasteiger partial charge in [0.05, 0.1) is 0 Å². The zero-order valence-electron chi connectivity index (χ0n) is 8.16. The van der Waals surface area contributed by atoms with E-state index >= 15 is 0 Å². The van der Waals surface area contributed by atoms with Gasteiger partial charge >= 0.3 is 0 Å². The average Bonchev–Trinajstić information content (AvgIpc) is 2.54. The highest BCUT2D eigenvalue weighted by molar-refractivity contribution is 5.79. The lowest BCUT2D eigenvalue weighted by atomic mass is 10.0. The molecule has 1 aliphatic carbocycles. The maximum absolute atomic E-state index is 5.77. The summed E-state index contributed by atoms with van der Waals surface area (Å²) in [5, 5.41) is 2.52. The highest BCUT2D eigenvalue weighted by Crippen LogP contribution is 2.12. The molecule has 1 heteroatoms. The number of hydrogen-bond donors (Lipinski definition) is 0. The minimum Gasteiger partial charge on any atom is -0.456 e. The topological polar surface area (TPSA) is 13.1 Å². The van der Waals surface area contributed by atoms with Crippen LogP contribution < -0.4 is 10.6 Å². The molecule has 3 rings (SSSR count). The Hall–Kier alpha value is -1.50. The molecule has 0 fully saturated rings. The van der Waals surface area contributed by atoms with Gasteiger partial charge < -0.3 is 4.42 Å². The number of para-hydroxylation sites is 1. The lowest BCUT2D eigenvalue weighted by Crippen LogP contribution is -2.24. The third kappa shape index (κ3) is 1.02. The quantitative estimate of drug-likeness (QED) is 0.610. The molecule has 0 saturated carbocycles. The highest BCUT2D eigenvalue weighted by atomic mass is 16.3. The molecule has 1 unspecified atom stereocenters. The first-order valence-electron chi connectivity index (χ1n) is 5.04. The fourth-order valence-electron chi connectivity index (χ4n) is 2.05. The number of furan rings is 1. The fourth-order valence-corrected chi connectivity index (χ4v) is 2.05. The standard InChI is InChI=1S/C13H12O/c1-9-6-7-11-10-4-2-3-5-12(10)14-13(11)8-9/h2-5,7-9H,6H2,1H3. The molecular formula is C13H12O. The van der Waals surface area contributed by atoms with Crippen LogP contribution in [0, 0.1) is 5.92 Å². The first kappa shape index (κ1) is 7.86. The summed E-state index contributed by atoms with van der Waals surface area (Å²) in [6.45, 7) is 2.21. The third-order valence-electron chi connectivity index (χ3n) is 2.79. The molecule has 2 aromatic rings. The summed E-state index contributed by atoms with van der Waals surface area (Å²) in [5.41, 5.74) is 2.05. The van der Waals surface area contributed by atoms with Crippen molar-refractivity contribution >= 4 is 23.1 Å². The van der Waals surface area contributed by atoms with Crippen molar-refractivity contribution in [3.63, 3.8) is 0 Å². The monoisotopic (exact) mass is 184 g/mol. The normalized spacial score (nSPS) is 19.9. The predicted octanol–water partition coefficient (Wildman–Crippen LogP) is 2.03. The minimum atomic E-state index is 0.600. The summed E-state index contributed by atoms with van der Waals surface area (Å²) in [6.07, 6.45) is 5.62. The minimum absolute atomic E-state index is 0.600. The van der Waals surface area contributed by atoms with Crippen molar-refractivity contribution in [1.29, 1.82) is 0 Å². The molecule has 0 radical (unpaired) electrons. The molecule has 70 valence electrons. The smallest absolute Gasteiger partial charge is 0.135 e. The van der Waals surface area contributed by atoms with Crippen LogP contribution in [-0.4, -0.2) is 0 Å². The van der Waals surface area contributed by atoms with Gasteiger partial charge in [0.15, 0.2) is 0 Å². The van der Waals surface area contributed by atoms with Crippen LogP contribution in [-0.2, 0) is 0 Å². The van der Waals surface area contributed by atoms with Gasteiger partial charge in [-0.1, -0.05) is 31.2 Å². The van der Waals surface area contributed by atoms with Gasteiger partial charge in [-0.15, -0.1) is 0 Å². The zero-order chi connectivity index (χ0) is 9.54. The lowest BCUT2D eigenvalue weighted by molar-refractivity contribution is 0.565. The van der Waals surface area contributed by atoms with Crippen LogP contribution in [0.1, 0.15) is 13.3 Å². The van der Waals surface area contributed by atoms with Gasteiger partial charge in [0.1, 0.15) is 11.0 Å². The molecule has 1 nitrogen and oxygen atoms in total. The molecule has 1 aromatic heterocycles. The van der Waals surface area contributed by atoms with Gasteiger partial charge in [-0.2, -0.15) is 0 Å². The molecule has 0 aliphatic heterocycles. The second-order valence-electron chi connectivity index (χ2n) is 3.96. The Bertz CT molecular complexity index is 589. The van der Waals surface area contributed by atoms with E-state index in [4.69, 9.17) is 4.42 Å².